The van der Waals surface area contributed by atoms with E-state index in [1.165, 1.54) is 12.3 Å². The van der Waals surface area contributed by atoms with Gasteiger partial charge >= 0.3 is 0 Å². The minimum atomic E-state index is -3.24. The Morgan fingerprint density at radius 3 is 2.49 bits per heavy atom. The van der Waals surface area contributed by atoms with Gasteiger partial charge in [0.05, 0.1) is 16.4 Å². The number of aromatic nitrogens is 3. The molecule has 1 aromatic carbocycles. The fourth-order valence-electron chi connectivity index (χ4n) is 6.84. The van der Waals surface area contributed by atoms with E-state index in [-0.39, 0.29) is 23.9 Å². The van der Waals surface area contributed by atoms with Crippen molar-refractivity contribution in [3.63, 3.8) is 0 Å². The molecule has 0 saturated carbocycles. The molecule has 0 unspecified atom stereocenters. The van der Waals surface area contributed by atoms with Gasteiger partial charge in [0.25, 0.3) is 0 Å². The number of piperidine rings is 1. The molecule has 6 rings (SSSR count). The zero-order valence-electron chi connectivity index (χ0n) is 26.7. The Hall–Kier alpha value is -3.77. The Morgan fingerprint density at radius 2 is 1.87 bits per heavy atom. The number of amides is 1. The Labute approximate surface area is 265 Å². The fourth-order valence-corrected chi connectivity index (χ4v) is 7.66. The topological polar surface area (TPSA) is 132 Å². The van der Waals surface area contributed by atoms with Gasteiger partial charge in [-0.3, -0.25) is 4.79 Å². The van der Waals surface area contributed by atoms with Crippen LogP contribution in [0.15, 0.2) is 49.3 Å². The molecule has 11 nitrogen and oxygen atoms in total. The van der Waals surface area contributed by atoms with Crippen molar-refractivity contribution in [3.05, 3.63) is 54.9 Å². The molecule has 3 atom stereocenters. The molecule has 12 heteroatoms. The molecule has 0 spiro atoms. The number of likely N-dealkylation sites (tertiary alicyclic amines) is 1. The van der Waals surface area contributed by atoms with Gasteiger partial charge in [-0.05, 0) is 82.2 Å². The van der Waals surface area contributed by atoms with Crippen molar-refractivity contribution >= 4 is 49.8 Å². The summed E-state index contributed by atoms with van der Waals surface area (Å²) in [5.74, 6) is 1.72. The zero-order chi connectivity index (χ0) is 32.3. The molecule has 2 N–H and O–H groups in total. The zero-order valence-corrected chi connectivity index (χ0v) is 27.5. The number of pyridine rings is 1. The van der Waals surface area contributed by atoms with Crippen molar-refractivity contribution < 1.29 is 18.3 Å². The third-order valence-corrected chi connectivity index (χ3v) is 12.6. The average Bonchev–Trinajstić information content (AvgIpc) is 2.96. The minimum absolute atomic E-state index is 0.0125. The van der Waals surface area contributed by atoms with Crippen molar-refractivity contribution in [1.82, 2.24) is 19.9 Å². The van der Waals surface area contributed by atoms with Gasteiger partial charge in [0.1, 0.15) is 11.6 Å². The van der Waals surface area contributed by atoms with Gasteiger partial charge in [-0.2, -0.15) is 4.98 Å². The third-order valence-electron chi connectivity index (χ3n) is 10.4. The molecule has 1 amide bonds. The summed E-state index contributed by atoms with van der Waals surface area (Å²) < 4.78 is 24.3. The highest BCUT2D eigenvalue weighted by atomic mass is 32.2. The largest absolute Gasteiger partial charge is 0.390 e. The van der Waals surface area contributed by atoms with Gasteiger partial charge in [0.2, 0.25) is 11.9 Å². The van der Waals surface area contributed by atoms with Crippen LogP contribution in [0.3, 0.4) is 0 Å². The molecule has 3 fully saturated rings. The Balaban J connectivity index is 1.33. The van der Waals surface area contributed by atoms with Crippen LogP contribution in [-0.2, 0) is 14.6 Å². The van der Waals surface area contributed by atoms with E-state index in [1.807, 2.05) is 37.9 Å². The number of fused-ring (bicyclic) bond motifs is 1. The Bertz CT molecular complexity index is 1750. The smallest absolute Gasteiger partial charge is 0.246 e. The van der Waals surface area contributed by atoms with E-state index in [0.717, 1.165) is 28.4 Å². The van der Waals surface area contributed by atoms with E-state index < -0.39 is 20.2 Å². The van der Waals surface area contributed by atoms with Crippen LogP contribution in [0, 0.1) is 5.92 Å². The number of hydrogen-bond acceptors (Lipinski definition) is 10. The van der Waals surface area contributed by atoms with E-state index in [2.05, 4.69) is 45.7 Å². The molecular weight excluding hydrogens is 590 g/mol. The molecule has 5 heterocycles. The number of aliphatic hydroxyl groups is 1. The molecule has 240 valence electrons. The summed E-state index contributed by atoms with van der Waals surface area (Å²) in [7, 11) is -3.24. The standard InChI is InChI=1S/C33H43N7O4S/c1-7-30(41)39-15-11-27(39)22-8-9-26(40-20-25(21(40)2)32(3,4)45(6,43)44)24-19-35-29(18-23(22)24)36-28-10-14-34-31(37-28)38-16-12-33(5,42)13-17-38/h7-10,14,18-19,21,25,27,42H,1,11-13,15-17,20H2,2-6H3,(H,34,35,36,37)/t21-,25+,27+/m1/s1. The maximum absolute atomic E-state index is 12.6. The first kappa shape index (κ1) is 31.2. The number of anilines is 4. The van der Waals surface area contributed by atoms with E-state index in [0.29, 0.717) is 56.6 Å². The summed E-state index contributed by atoms with van der Waals surface area (Å²) in [6.07, 6.45) is 8.40. The first-order chi connectivity index (χ1) is 21.2. The lowest BCUT2D eigenvalue weighted by Crippen LogP contribution is -2.64. The lowest BCUT2D eigenvalue weighted by atomic mass is 9.79. The Morgan fingerprint density at radius 1 is 1.13 bits per heavy atom. The van der Waals surface area contributed by atoms with Crippen LogP contribution < -0.4 is 15.1 Å². The highest BCUT2D eigenvalue weighted by Crippen LogP contribution is 2.46. The summed E-state index contributed by atoms with van der Waals surface area (Å²) in [6, 6.07) is 7.91. The second kappa shape index (κ2) is 11.2. The van der Waals surface area contributed by atoms with Crippen LogP contribution in [0.5, 0.6) is 0 Å². The number of nitrogens with one attached hydrogen (secondary N) is 1. The molecule has 45 heavy (non-hydrogen) atoms. The molecule has 2 aromatic heterocycles. The minimum Gasteiger partial charge on any atom is -0.390 e. The molecular formula is C33H43N7O4S. The predicted octanol–water partition coefficient (Wildman–Crippen LogP) is 4.23. The van der Waals surface area contributed by atoms with Crippen molar-refractivity contribution in [2.45, 2.75) is 69.4 Å². The fraction of sp³-hybridized carbons (Fsp3) is 0.515. The summed E-state index contributed by atoms with van der Waals surface area (Å²) in [5, 5.41) is 15.6. The number of carbonyl (C=O) groups excluding carboxylic acids is 1. The monoisotopic (exact) mass is 633 g/mol. The first-order valence-corrected chi connectivity index (χ1v) is 17.5. The maximum atomic E-state index is 12.6. The third kappa shape index (κ3) is 5.63. The number of sulfone groups is 1. The number of carbonyl (C=O) groups is 1. The van der Waals surface area contributed by atoms with Crippen molar-refractivity contribution in [3.8, 4) is 0 Å². The lowest BCUT2D eigenvalue weighted by Gasteiger charge is -2.54. The molecule has 3 aliphatic rings. The highest BCUT2D eigenvalue weighted by molar-refractivity contribution is 7.92. The van der Waals surface area contributed by atoms with E-state index >= 15 is 0 Å². The quantitative estimate of drug-likeness (QED) is 0.348. The van der Waals surface area contributed by atoms with E-state index in [1.54, 1.807) is 12.3 Å². The molecule has 3 aromatic rings. The molecule has 0 bridgehead atoms. The molecule has 0 radical (unpaired) electrons. The number of nitrogens with zero attached hydrogens (tertiary/aromatic N) is 6. The number of rotatable bonds is 8. The van der Waals surface area contributed by atoms with Gasteiger partial charge in [0, 0.05) is 67.9 Å². The van der Waals surface area contributed by atoms with Crippen LogP contribution in [0.25, 0.3) is 10.8 Å². The first-order valence-electron chi connectivity index (χ1n) is 15.6. The van der Waals surface area contributed by atoms with E-state index in [4.69, 9.17) is 9.97 Å². The van der Waals surface area contributed by atoms with Gasteiger partial charge in [-0.1, -0.05) is 12.6 Å². The number of benzene rings is 1. The van der Waals surface area contributed by atoms with Crippen LogP contribution in [0.1, 0.15) is 58.6 Å². The van der Waals surface area contributed by atoms with Gasteiger partial charge in [-0.25, -0.2) is 18.4 Å². The SMILES string of the molecule is C=CC(=O)N1CC[C@H]1c1ccc(N2C[C@H](C(C)(C)S(C)(=O)=O)[C@H]2C)c2cnc(Nc3ccnc(N4CCC(C)(O)CC4)n3)cc12. The van der Waals surface area contributed by atoms with Gasteiger partial charge in [-0.15, -0.1) is 0 Å². The summed E-state index contributed by atoms with van der Waals surface area (Å²) >= 11 is 0. The average molecular weight is 634 g/mol. The van der Waals surface area contributed by atoms with Crippen LogP contribution in [0.2, 0.25) is 0 Å². The second-order valence-electron chi connectivity index (χ2n) is 13.6. The number of hydrogen-bond donors (Lipinski definition) is 2. The van der Waals surface area contributed by atoms with Crippen LogP contribution >= 0.6 is 0 Å². The maximum Gasteiger partial charge on any atom is 0.246 e. The van der Waals surface area contributed by atoms with Crippen LogP contribution in [0.4, 0.5) is 23.3 Å². The van der Waals surface area contributed by atoms with Gasteiger partial charge < -0.3 is 25.1 Å². The van der Waals surface area contributed by atoms with Crippen molar-refractivity contribution in [2.75, 3.05) is 47.6 Å². The van der Waals surface area contributed by atoms with E-state index in [9.17, 15) is 18.3 Å². The van der Waals surface area contributed by atoms with Crippen molar-refractivity contribution in [1.29, 1.82) is 0 Å². The molecule has 3 saturated heterocycles. The second-order valence-corrected chi connectivity index (χ2v) is 16.2. The van der Waals surface area contributed by atoms with Crippen molar-refractivity contribution in [2.24, 2.45) is 5.92 Å². The summed E-state index contributed by atoms with van der Waals surface area (Å²) in [4.78, 5) is 32.7. The predicted molar refractivity (Wildman–Crippen MR) is 178 cm³/mol. The summed E-state index contributed by atoms with van der Waals surface area (Å²) in [5.41, 5.74) is 1.36. The summed E-state index contributed by atoms with van der Waals surface area (Å²) in [6.45, 7) is 13.9. The van der Waals surface area contributed by atoms with Gasteiger partial charge in [0.15, 0.2) is 9.84 Å². The highest BCUT2D eigenvalue weighted by Gasteiger charge is 2.50. The normalized spacial score (nSPS) is 23.3. The van der Waals surface area contributed by atoms with Crippen LogP contribution in [-0.4, -0.2) is 88.1 Å². The molecule has 0 aliphatic carbocycles. The lowest BCUT2D eigenvalue weighted by molar-refractivity contribution is -0.133. The molecule has 3 aliphatic heterocycles. The Kier molecular flexibility index (Phi) is 7.80.